The van der Waals surface area contributed by atoms with Crippen molar-refractivity contribution < 1.29 is 18.7 Å². The topological polar surface area (TPSA) is 53.7 Å². The largest absolute Gasteiger partial charge is 0.475 e. The zero-order valence-electron chi connectivity index (χ0n) is 11.9. The van der Waals surface area contributed by atoms with Gasteiger partial charge in [-0.05, 0) is 32.1 Å². The van der Waals surface area contributed by atoms with Gasteiger partial charge in [0.15, 0.2) is 0 Å². The molecule has 2 aromatic rings. The number of benzene rings is 1. The zero-order chi connectivity index (χ0) is 14.9. The van der Waals surface area contributed by atoms with E-state index in [9.17, 15) is 9.18 Å². The van der Waals surface area contributed by atoms with Crippen molar-refractivity contribution in [3.8, 4) is 0 Å². The Balaban J connectivity index is 2.59. The number of hydrogen-bond donors (Lipinski definition) is 1. The van der Waals surface area contributed by atoms with Crippen molar-refractivity contribution in [2.24, 2.45) is 0 Å². The minimum atomic E-state index is -1.13. The summed E-state index contributed by atoms with van der Waals surface area (Å²) >= 11 is 0. The monoisotopic (exact) mass is 279 g/mol. The van der Waals surface area contributed by atoms with Crippen LogP contribution in [0.25, 0.3) is 11.0 Å². The van der Waals surface area contributed by atoms with Crippen LogP contribution in [0.3, 0.4) is 0 Å². The molecule has 0 saturated carbocycles. The highest BCUT2D eigenvalue weighted by Crippen LogP contribution is 2.30. The number of halogens is 1. The second-order valence-electron chi connectivity index (χ2n) is 4.76. The molecule has 1 aromatic carbocycles. The van der Waals surface area contributed by atoms with E-state index in [1.165, 1.54) is 12.1 Å². The van der Waals surface area contributed by atoms with Crippen LogP contribution in [0.15, 0.2) is 16.5 Å². The number of fused-ring (bicyclic) bond motifs is 1. The molecule has 5 heteroatoms. The van der Waals surface area contributed by atoms with Crippen LogP contribution in [-0.4, -0.2) is 29.1 Å². The Morgan fingerprint density at radius 2 is 2.00 bits per heavy atom. The Morgan fingerprint density at radius 3 is 2.55 bits per heavy atom. The van der Waals surface area contributed by atoms with E-state index in [1.54, 1.807) is 6.92 Å². The highest BCUT2D eigenvalue weighted by Gasteiger charge is 2.20. The number of hydrogen-bond acceptors (Lipinski definition) is 3. The number of carbonyl (C=O) groups is 1. The van der Waals surface area contributed by atoms with Gasteiger partial charge in [0, 0.05) is 23.1 Å². The molecule has 108 valence electrons. The average Bonchev–Trinajstić information content (AvgIpc) is 2.73. The maximum Gasteiger partial charge on any atom is 0.372 e. The van der Waals surface area contributed by atoms with Crippen LogP contribution in [0, 0.1) is 12.7 Å². The summed E-state index contributed by atoms with van der Waals surface area (Å²) in [5.74, 6) is -1.63. The summed E-state index contributed by atoms with van der Waals surface area (Å²) in [6, 6.07) is 2.74. The lowest BCUT2D eigenvalue weighted by Crippen LogP contribution is -2.22. The standard InChI is InChI=1S/C15H18FNO3/c1-4-17(5-2)8-10-6-11(16)7-12-9(3)13(15(18)19)20-14(10)12/h6-7H,4-5,8H2,1-3H3,(H,18,19). The molecule has 1 aromatic heterocycles. The number of furan rings is 1. The summed E-state index contributed by atoms with van der Waals surface area (Å²) in [5.41, 5.74) is 1.61. The van der Waals surface area contributed by atoms with Crippen LogP contribution in [0.4, 0.5) is 4.39 Å². The van der Waals surface area contributed by atoms with E-state index in [0.717, 1.165) is 13.1 Å². The lowest BCUT2D eigenvalue weighted by atomic mass is 10.1. The van der Waals surface area contributed by atoms with E-state index >= 15 is 0 Å². The molecule has 0 fully saturated rings. The molecule has 20 heavy (non-hydrogen) atoms. The maximum absolute atomic E-state index is 13.7. The minimum Gasteiger partial charge on any atom is -0.475 e. The van der Waals surface area contributed by atoms with Gasteiger partial charge in [0.05, 0.1) is 0 Å². The van der Waals surface area contributed by atoms with Gasteiger partial charge in [0.1, 0.15) is 11.4 Å². The van der Waals surface area contributed by atoms with Crippen LogP contribution in [0.2, 0.25) is 0 Å². The van der Waals surface area contributed by atoms with E-state index in [2.05, 4.69) is 4.90 Å². The van der Waals surface area contributed by atoms with E-state index in [0.29, 0.717) is 28.6 Å². The Hall–Kier alpha value is -1.88. The lowest BCUT2D eigenvalue weighted by Gasteiger charge is -2.18. The highest BCUT2D eigenvalue weighted by atomic mass is 19.1. The van der Waals surface area contributed by atoms with Crippen LogP contribution in [-0.2, 0) is 6.54 Å². The normalized spacial score (nSPS) is 11.4. The van der Waals surface area contributed by atoms with Crippen LogP contribution in [0.5, 0.6) is 0 Å². The van der Waals surface area contributed by atoms with Crippen LogP contribution >= 0.6 is 0 Å². The van der Waals surface area contributed by atoms with E-state index in [4.69, 9.17) is 9.52 Å². The summed E-state index contributed by atoms with van der Waals surface area (Å²) in [7, 11) is 0. The molecule has 0 spiro atoms. The SMILES string of the molecule is CCN(CC)Cc1cc(F)cc2c(C)c(C(=O)O)oc12. The fraction of sp³-hybridized carbons (Fsp3) is 0.400. The third-order valence-corrected chi connectivity index (χ3v) is 3.56. The molecule has 2 rings (SSSR count). The van der Waals surface area contributed by atoms with Crippen molar-refractivity contribution in [2.75, 3.05) is 13.1 Å². The molecule has 0 saturated heterocycles. The van der Waals surface area contributed by atoms with E-state index < -0.39 is 5.97 Å². The number of aromatic carboxylic acids is 1. The third-order valence-electron chi connectivity index (χ3n) is 3.56. The summed E-state index contributed by atoms with van der Waals surface area (Å²) in [6.07, 6.45) is 0. The van der Waals surface area contributed by atoms with Crippen molar-refractivity contribution in [1.29, 1.82) is 0 Å². The van der Waals surface area contributed by atoms with E-state index in [-0.39, 0.29) is 11.6 Å². The lowest BCUT2D eigenvalue weighted by molar-refractivity contribution is 0.0664. The first-order valence-electron chi connectivity index (χ1n) is 6.65. The van der Waals surface area contributed by atoms with E-state index in [1.807, 2.05) is 13.8 Å². The second-order valence-corrected chi connectivity index (χ2v) is 4.76. The first-order chi connectivity index (χ1) is 9.47. The van der Waals surface area contributed by atoms with Crippen molar-refractivity contribution in [3.63, 3.8) is 0 Å². The molecular weight excluding hydrogens is 261 g/mol. The Labute approximate surface area is 116 Å². The number of nitrogens with zero attached hydrogens (tertiary/aromatic N) is 1. The summed E-state index contributed by atoms with van der Waals surface area (Å²) in [4.78, 5) is 13.2. The molecule has 0 atom stereocenters. The van der Waals surface area contributed by atoms with Crippen molar-refractivity contribution in [2.45, 2.75) is 27.3 Å². The zero-order valence-corrected chi connectivity index (χ0v) is 11.9. The molecule has 0 amide bonds. The molecular formula is C15H18FNO3. The average molecular weight is 279 g/mol. The summed E-state index contributed by atoms with van der Waals surface area (Å²) in [6.45, 7) is 7.88. The van der Waals surface area contributed by atoms with Gasteiger partial charge in [-0.2, -0.15) is 0 Å². The molecule has 0 aliphatic carbocycles. The predicted molar refractivity (Wildman–Crippen MR) is 74.5 cm³/mol. The molecule has 1 heterocycles. The fourth-order valence-electron chi connectivity index (χ4n) is 2.36. The predicted octanol–water partition coefficient (Wildman–Crippen LogP) is 3.42. The van der Waals surface area contributed by atoms with Crippen LogP contribution < -0.4 is 0 Å². The number of rotatable bonds is 5. The number of carboxylic acid groups (broad SMARTS) is 1. The molecule has 0 aliphatic rings. The maximum atomic E-state index is 13.7. The molecule has 1 N–H and O–H groups in total. The first kappa shape index (κ1) is 14.5. The smallest absolute Gasteiger partial charge is 0.372 e. The summed E-state index contributed by atoms with van der Waals surface area (Å²) < 4.78 is 19.2. The minimum absolute atomic E-state index is 0.119. The number of carboxylic acids is 1. The fourth-order valence-corrected chi connectivity index (χ4v) is 2.36. The summed E-state index contributed by atoms with van der Waals surface area (Å²) in [5, 5.41) is 9.64. The quantitative estimate of drug-likeness (QED) is 0.911. The Kier molecular flexibility index (Phi) is 4.09. The van der Waals surface area contributed by atoms with Gasteiger partial charge in [-0.1, -0.05) is 13.8 Å². The Bertz CT molecular complexity index is 644. The Morgan fingerprint density at radius 1 is 1.35 bits per heavy atom. The van der Waals surface area contributed by atoms with Crippen LogP contribution in [0.1, 0.15) is 35.5 Å². The van der Waals surface area contributed by atoms with Gasteiger partial charge >= 0.3 is 5.97 Å². The molecule has 0 unspecified atom stereocenters. The van der Waals surface area contributed by atoms with Gasteiger partial charge < -0.3 is 9.52 Å². The van der Waals surface area contributed by atoms with Gasteiger partial charge in [-0.15, -0.1) is 0 Å². The molecule has 0 aliphatic heterocycles. The molecule has 4 nitrogen and oxygen atoms in total. The van der Waals surface area contributed by atoms with Crippen molar-refractivity contribution in [1.82, 2.24) is 4.90 Å². The van der Waals surface area contributed by atoms with Gasteiger partial charge in [-0.3, -0.25) is 4.90 Å². The second kappa shape index (κ2) is 5.63. The van der Waals surface area contributed by atoms with Gasteiger partial charge in [0.25, 0.3) is 0 Å². The molecule has 0 radical (unpaired) electrons. The number of aryl methyl sites for hydroxylation is 1. The highest BCUT2D eigenvalue weighted by molar-refractivity contribution is 5.95. The van der Waals surface area contributed by atoms with Gasteiger partial charge in [-0.25, -0.2) is 9.18 Å². The third kappa shape index (κ3) is 2.54. The first-order valence-corrected chi connectivity index (χ1v) is 6.65. The van der Waals surface area contributed by atoms with Gasteiger partial charge in [0.2, 0.25) is 5.76 Å². The molecule has 0 bridgehead atoms. The van der Waals surface area contributed by atoms with Crippen molar-refractivity contribution in [3.05, 3.63) is 34.8 Å². The van der Waals surface area contributed by atoms with Crippen molar-refractivity contribution >= 4 is 16.9 Å².